The van der Waals surface area contributed by atoms with Crippen LogP contribution in [0.4, 0.5) is 11.5 Å². The summed E-state index contributed by atoms with van der Waals surface area (Å²) in [5.41, 5.74) is 4.73. The van der Waals surface area contributed by atoms with Gasteiger partial charge in [0, 0.05) is 5.54 Å². The molecule has 0 saturated carbocycles. The van der Waals surface area contributed by atoms with Crippen molar-refractivity contribution >= 4 is 17.4 Å². The summed E-state index contributed by atoms with van der Waals surface area (Å²) in [6.07, 6.45) is 1.22. The summed E-state index contributed by atoms with van der Waals surface area (Å²) in [5, 5.41) is 5.48. The van der Waals surface area contributed by atoms with E-state index in [2.05, 4.69) is 20.6 Å². The number of hydrogen-bond donors (Lipinski definition) is 4. The first-order chi connectivity index (χ1) is 7.79. The lowest BCUT2D eigenvalue weighted by atomic mass is 10.1. The molecule has 0 fully saturated rings. The van der Waals surface area contributed by atoms with E-state index in [0.717, 1.165) is 0 Å². The maximum atomic E-state index is 11.5. The van der Waals surface area contributed by atoms with E-state index in [1.54, 1.807) is 0 Å². The van der Waals surface area contributed by atoms with Crippen LogP contribution >= 0.6 is 0 Å². The van der Waals surface area contributed by atoms with Gasteiger partial charge in [-0.2, -0.15) is 0 Å². The molecular formula is C10H17N5O2. The van der Waals surface area contributed by atoms with Gasteiger partial charge in [0.1, 0.15) is 5.69 Å². The van der Waals surface area contributed by atoms with Crippen LogP contribution in [-0.4, -0.2) is 28.0 Å². The minimum absolute atomic E-state index is 0.0118. The van der Waals surface area contributed by atoms with E-state index in [1.165, 1.54) is 6.33 Å². The predicted octanol–water partition coefficient (Wildman–Crippen LogP) is -0.321. The summed E-state index contributed by atoms with van der Waals surface area (Å²) < 4.78 is 0. The van der Waals surface area contributed by atoms with Crippen LogP contribution in [0.25, 0.3) is 0 Å². The average molecular weight is 239 g/mol. The first-order valence-electron chi connectivity index (χ1n) is 5.17. The fourth-order valence-corrected chi connectivity index (χ4v) is 1.18. The van der Waals surface area contributed by atoms with Crippen LogP contribution < -0.4 is 21.9 Å². The number of nitrogens with one attached hydrogen (secondary N) is 3. The number of aromatic nitrogens is 2. The maximum Gasteiger partial charge on any atom is 0.276 e. The Labute approximate surface area is 98.8 Å². The first kappa shape index (κ1) is 13.0. The van der Waals surface area contributed by atoms with Gasteiger partial charge >= 0.3 is 0 Å². The number of nitrogens with zero attached hydrogens (tertiary/aromatic N) is 1. The number of amides is 1. The standard InChI is InChI=1S/C10H17N5O2/c1-10(2,3)15-6(16)4-12-8-7(11)9(17)14-5-13-8/h5H,4,11H2,1-3H3,(H,15,16)(H2,12,13,14,17). The second-order valence-corrected chi connectivity index (χ2v) is 4.65. The van der Waals surface area contributed by atoms with E-state index in [9.17, 15) is 9.59 Å². The Morgan fingerprint density at radius 1 is 1.53 bits per heavy atom. The molecular weight excluding hydrogens is 222 g/mol. The molecule has 0 unspecified atom stereocenters. The molecule has 1 aromatic heterocycles. The number of aromatic amines is 1. The largest absolute Gasteiger partial charge is 0.391 e. The molecule has 0 atom stereocenters. The summed E-state index contributed by atoms with van der Waals surface area (Å²) in [6.45, 7) is 5.65. The topological polar surface area (TPSA) is 113 Å². The Bertz CT molecular complexity index is 460. The third-order valence-electron chi connectivity index (χ3n) is 1.82. The van der Waals surface area contributed by atoms with Crippen molar-refractivity contribution in [2.45, 2.75) is 26.3 Å². The molecule has 7 heteroatoms. The van der Waals surface area contributed by atoms with Gasteiger partial charge < -0.3 is 21.4 Å². The Morgan fingerprint density at radius 3 is 2.76 bits per heavy atom. The van der Waals surface area contributed by atoms with E-state index < -0.39 is 5.56 Å². The van der Waals surface area contributed by atoms with E-state index in [1.807, 2.05) is 20.8 Å². The minimum atomic E-state index is -0.432. The van der Waals surface area contributed by atoms with Gasteiger partial charge in [-0.3, -0.25) is 9.59 Å². The number of carbonyl (C=O) groups excluding carboxylic acids is 1. The van der Waals surface area contributed by atoms with Gasteiger partial charge in [-0.05, 0) is 20.8 Å². The summed E-state index contributed by atoms with van der Waals surface area (Å²) in [6, 6.07) is 0. The van der Waals surface area contributed by atoms with Gasteiger partial charge in [0.05, 0.1) is 12.9 Å². The lowest BCUT2D eigenvalue weighted by Gasteiger charge is -2.20. The number of carbonyl (C=O) groups is 1. The van der Waals surface area contributed by atoms with Crippen LogP contribution in [0.3, 0.4) is 0 Å². The van der Waals surface area contributed by atoms with Crippen LogP contribution in [0.15, 0.2) is 11.1 Å². The quantitative estimate of drug-likeness (QED) is 0.577. The Balaban J connectivity index is 2.60. The third kappa shape index (κ3) is 4.13. The highest BCUT2D eigenvalue weighted by atomic mass is 16.2. The molecule has 0 aliphatic heterocycles. The molecule has 1 rings (SSSR count). The highest BCUT2D eigenvalue weighted by Gasteiger charge is 2.14. The number of anilines is 2. The van der Waals surface area contributed by atoms with E-state index in [0.29, 0.717) is 0 Å². The van der Waals surface area contributed by atoms with Gasteiger partial charge in [0.15, 0.2) is 5.82 Å². The summed E-state index contributed by atoms with van der Waals surface area (Å²) in [7, 11) is 0. The molecule has 0 saturated heterocycles. The highest BCUT2D eigenvalue weighted by molar-refractivity contribution is 5.81. The summed E-state index contributed by atoms with van der Waals surface area (Å²) in [4.78, 5) is 28.8. The van der Waals surface area contributed by atoms with Crippen LogP contribution in [0, 0.1) is 0 Å². The number of rotatable bonds is 3. The molecule has 7 nitrogen and oxygen atoms in total. The second-order valence-electron chi connectivity index (χ2n) is 4.65. The van der Waals surface area contributed by atoms with Crippen LogP contribution in [0.5, 0.6) is 0 Å². The van der Waals surface area contributed by atoms with Crippen molar-refractivity contribution in [1.82, 2.24) is 15.3 Å². The normalized spacial score (nSPS) is 11.0. The Morgan fingerprint density at radius 2 is 2.18 bits per heavy atom. The first-order valence-corrected chi connectivity index (χ1v) is 5.17. The predicted molar refractivity (Wildman–Crippen MR) is 65.7 cm³/mol. The van der Waals surface area contributed by atoms with Gasteiger partial charge in [-0.15, -0.1) is 0 Å². The monoisotopic (exact) mass is 239 g/mol. The maximum absolute atomic E-state index is 11.5. The number of nitrogen functional groups attached to an aromatic ring is 1. The van der Waals surface area contributed by atoms with Gasteiger partial charge in [0.2, 0.25) is 5.91 Å². The minimum Gasteiger partial charge on any atom is -0.391 e. The van der Waals surface area contributed by atoms with Crippen molar-refractivity contribution in [3.05, 3.63) is 16.7 Å². The van der Waals surface area contributed by atoms with Crippen molar-refractivity contribution in [1.29, 1.82) is 0 Å². The molecule has 1 aromatic rings. The lowest BCUT2D eigenvalue weighted by molar-refractivity contribution is -0.120. The molecule has 0 radical (unpaired) electrons. The molecule has 0 bridgehead atoms. The number of hydrogen-bond acceptors (Lipinski definition) is 5. The van der Waals surface area contributed by atoms with Gasteiger partial charge in [-0.25, -0.2) is 4.98 Å². The zero-order valence-electron chi connectivity index (χ0n) is 10.1. The van der Waals surface area contributed by atoms with Crippen molar-refractivity contribution in [2.24, 2.45) is 0 Å². The Kier molecular flexibility index (Phi) is 3.72. The lowest BCUT2D eigenvalue weighted by Crippen LogP contribution is -2.43. The summed E-state index contributed by atoms with van der Waals surface area (Å²) in [5.74, 6) is 0.0109. The fourth-order valence-electron chi connectivity index (χ4n) is 1.18. The molecule has 0 aliphatic carbocycles. The summed E-state index contributed by atoms with van der Waals surface area (Å²) >= 11 is 0. The van der Waals surface area contributed by atoms with Crippen LogP contribution in [0.2, 0.25) is 0 Å². The average Bonchev–Trinajstić information content (AvgIpc) is 2.18. The van der Waals surface area contributed by atoms with Crippen molar-refractivity contribution in [3.8, 4) is 0 Å². The molecule has 94 valence electrons. The number of nitrogens with two attached hydrogens (primary N) is 1. The molecule has 0 aromatic carbocycles. The highest BCUT2D eigenvalue weighted by Crippen LogP contribution is 2.06. The van der Waals surface area contributed by atoms with Crippen LogP contribution in [0.1, 0.15) is 20.8 Å². The SMILES string of the molecule is CC(C)(C)NC(=O)CNc1nc[nH]c(=O)c1N. The zero-order chi connectivity index (χ0) is 13.1. The molecule has 5 N–H and O–H groups in total. The molecule has 0 aliphatic rings. The molecule has 1 heterocycles. The molecule has 17 heavy (non-hydrogen) atoms. The van der Waals surface area contributed by atoms with Crippen molar-refractivity contribution in [3.63, 3.8) is 0 Å². The molecule has 1 amide bonds. The van der Waals surface area contributed by atoms with Crippen LogP contribution in [-0.2, 0) is 4.79 Å². The van der Waals surface area contributed by atoms with E-state index in [-0.39, 0.29) is 29.5 Å². The zero-order valence-corrected chi connectivity index (χ0v) is 10.1. The van der Waals surface area contributed by atoms with Gasteiger partial charge in [-0.1, -0.05) is 0 Å². The Hall–Kier alpha value is -2.05. The van der Waals surface area contributed by atoms with E-state index >= 15 is 0 Å². The van der Waals surface area contributed by atoms with E-state index in [4.69, 9.17) is 5.73 Å². The third-order valence-corrected chi connectivity index (χ3v) is 1.82. The second kappa shape index (κ2) is 4.86. The van der Waals surface area contributed by atoms with Crippen molar-refractivity contribution in [2.75, 3.05) is 17.6 Å². The smallest absolute Gasteiger partial charge is 0.276 e. The molecule has 0 spiro atoms. The fraction of sp³-hybridized carbons (Fsp3) is 0.500. The van der Waals surface area contributed by atoms with Crippen molar-refractivity contribution < 1.29 is 4.79 Å². The number of H-pyrrole nitrogens is 1. The van der Waals surface area contributed by atoms with Gasteiger partial charge in [0.25, 0.3) is 5.56 Å².